The van der Waals surface area contributed by atoms with Crippen LogP contribution in [0.5, 0.6) is 0 Å². The van der Waals surface area contributed by atoms with Crippen molar-refractivity contribution in [3.63, 3.8) is 0 Å². The zero-order chi connectivity index (χ0) is 53.3. The van der Waals surface area contributed by atoms with Crippen molar-refractivity contribution in [3.8, 4) is 0 Å². The summed E-state index contributed by atoms with van der Waals surface area (Å²) in [6.07, 6.45) is -32.2. The molecule has 8 fully saturated rings. The second-order valence-electron chi connectivity index (χ2n) is 21.8. The Morgan fingerprint density at radius 1 is 0.575 bits per heavy atom. The maximum absolute atomic E-state index is 14.6. The van der Waals surface area contributed by atoms with Crippen molar-refractivity contribution in [1.29, 1.82) is 0 Å². The van der Waals surface area contributed by atoms with Gasteiger partial charge in [0, 0.05) is 0 Å². The quantitative estimate of drug-likeness (QED) is 0.0316. The molecule has 416 valence electrons. The topological polar surface area (TPSA) is 418 Å². The summed E-state index contributed by atoms with van der Waals surface area (Å²) >= 11 is 0. The summed E-state index contributed by atoms with van der Waals surface area (Å²) in [5.74, 6) is -3.95. The van der Waals surface area contributed by atoms with E-state index in [1.165, 1.54) is 0 Å². The van der Waals surface area contributed by atoms with Crippen LogP contribution < -0.4 is 0 Å². The fourth-order valence-corrected chi connectivity index (χ4v) is 13.9. The van der Waals surface area contributed by atoms with Gasteiger partial charge in [-0.15, -0.1) is 0 Å². The van der Waals surface area contributed by atoms with Gasteiger partial charge in [-0.25, -0.2) is 0 Å². The molecular formula is C47H72O26. The second kappa shape index (κ2) is 21.6. The molecule has 4 saturated carbocycles. The van der Waals surface area contributed by atoms with E-state index < -0.39 is 195 Å². The van der Waals surface area contributed by atoms with Crippen LogP contribution in [0.3, 0.4) is 0 Å². The lowest BCUT2D eigenvalue weighted by Gasteiger charge is -2.64. The van der Waals surface area contributed by atoms with Gasteiger partial charge in [0.2, 0.25) is 6.29 Å². The molecule has 73 heavy (non-hydrogen) atoms. The van der Waals surface area contributed by atoms with Crippen LogP contribution in [0.2, 0.25) is 0 Å². The molecule has 0 radical (unpaired) electrons. The van der Waals surface area contributed by atoms with Crippen molar-refractivity contribution in [2.24, 2.45) is 28.1 Å². The SMILES string of the molecule is C=C1C[C@@]23CC[C@H]4[C@@](C)(CCC[C@@]4(C)C(=O)O[C@@H]4OC(CO)[C@@H](O)C(O)[C@@H]4OC(=O)CC(=O)O)[C@@H]2CC[C@]1(O[C@@H]1O[C@H](CO)C(O)C(OC2O[C@H](CO)C(O)C(O)[C@H]2O)[C@H]1O[C@@H]1OC(CO)[C@@H](O)C(O)C1O)C3. The van der Waals surface area contributed by atoms with Gasteiger partial charge < -0.3 is 114 Å². The first-order valence-electron chi connectivity index (χ1n) is 24.9. The minimum Gasteiger partial charge on any atom is -0.481 e. The molecule has 8 aliphatic rings. The van der Waals surface area contributed by atoms with E-state index in [9.17, 15) is 80.8 Å². The molecule has 26 atom stereocenters. The smallest absolute Gasteiger partial charge is 0.317 e. The number of aliphatic hydroxyl groups excluding tert-OH is 13. The van der Waals surface area contributed by atoms with Crippen LogP contribution in [-0.2, 0) is 57.0 Å². The van der Waals surface area contributed by atoms with Gasteiger partial charge in [-0.2, -0.15) is 0 Å². The van der Waals surface area contributed by atoms with E-state index in [4.69, 9.17) is 47.7 Å². The highest BCUT2D eigenvalue weighted by Crippen LogP contribution is 2.74. The minimum absolute atomic E-state index is 0.0590. The van der Waals surface area contributed by atoms with E-state index >= 15 is 0 Å². The molecule has 4 aliphatic carbocycles. The Hall–Kier alpha value is -2.65. The average Bonchev–Trinajstić information content (AvgIpc) is 3.54. The minimum atomic E-state index is -1.98. The van der Waals surface area contributed by atoms with Crippen molar-refractivity contribution in [3.05, 3.63) is 12.2 Å². The number of carbonyl (C=O) groups excluding carboxylic acids is 2. The maximum atomic E-state index is 14.6. The number of rotatable bonds is 15. The molecule has 0 aromatic rings. The Bertz CT molecular complexity index is 1990. The molecule has 0 aromatic carbocycles. The number of carboxylic acids is 1. The number of fused-ring (bicyclic) bond motifs is 3. The first-order valence-corrected chi connectivity index (χ1v) is 24.9. The molecule has 26 heteroatoms. The lowest BCUT2D eigenvalue weighted by atomic mass is 9.41. The zero-order valence-corrected chi connectivity index (χ0v) is 40.5. The van der Waals surface area contributed by atoms with Gasteiger partial charge in [0.05, 0.1) is 37.4 Å². The largest absolute Gasteiger partial charge is 0.481 e. The van der Waals surface area contributed by atoms with Gasteiger partial charge in [-0.05, 0) is 86.5 Å². The van der Waals surface area contributed by atoms with Crippen molar-refractivity contribution in [1.82, 2.24) is 0 Å². The molecule has 4 heterocycles. The number of carboxylic acid groups (broad SMARTS) is 1. The number of hydrogen-bond donors (Lipinski definition) is 14. The van der Waals surface area contributed by atoms with Crippen LogP contribution in [0.1, 0.15) is 78.1 Å². The number of carbonyl (C=O) groups is 3. The van der Waals surface area contributed by atoms with Gasteiger partial charge in [0.25, 0.3) is 0 Å². The van der Waals surface area contributed by atoms with E-state index in [-0.39, 0.29) is 11.8 Å². The summed E-state index contributed by atoms with van der Waals surface area (Å²) in [6, 6.07) is 0. The molecule has 1 spiro atoms. The summed E-state index contributed by atoms with van der Waals surface area (Å²) in [5, 5.41) is 147. The van der Waals surface area contributed by atoms with Crippen molar-refractivity contribution in [2.45, 2.75) is 206 Å². The Balaban J connectivity index is 1.06. The number of ether oxygens (including phenoxy) is 9. The summed E-state index contributed by atoms with van der Waals surface area (Å²) in [7, 11) is 0. The van der Waals surface area contributed by atoms with Gasteiger partial charge in [0.15, 0.2) is 25.0 Å². The Morgan fingerprint density at radius 2 is 1.08 bits per heavy atom. The third kappa shape index (κ3) is 10.0. The zero-order valence-electron chi connectivity index (χ0n) is 40.5. The number of esters is 2. The first-order chi connectivity index (χ1) is 34.4. The number of aliphatic hydroxyl groups is 13. The summed E-state index contributed by atoms with van der Waals surface area (Å²) in [6.45, 7) is 5.08. The summed E-state index contributed by atoms with van der Waals surface area (Å²) in [5.41, 5.74) is -2.75. The van der Waals surface area contributed by atoms with E-state index in [0.717, 1.165) is 0 Å². The standard InChI is InChI=1S/C47H72O26/c1-18-12-46-9-5-23-44(2,7-4-8-45(23,3)43(64)72-41-37(69-26(54)11-25(52)53)33(61)29(57)21(15-50)67-41)24(46)6-10-47(18,17-46)73-42-38(71-40-35(63)32(60)28(56)20(14-49)66-40)36(30(58)22(16-51)68-42)70-39-34(62)31(59)27(55)19(13-48)65-39/h19-24,27-42,48-51,55-63H,1,4-17H2,2-3H3,(H,52,53)/t19-,20?,21?,22-,23+,24+,27?,28-,29-,30?,31?,32?,33?,34-,35?,36?,37+,38-,39?,40+,41+,42+,44-,45-,46-,47+/m1/s1. The Labute approximate surface area is 418 Å². The molecule has 4 aliphatic heterocycles. The van der Waals surface area contributed by atoms with Crippen LogP contribution in [0.25, 0.3) is 0 Å². The van der Waals surface area contributed by atoms with Crippen LogP contribution in [0, 0.1) is 28.1 Å². The predicted molar refractivity (Wildman–Crippen MR) is 235 cm³/mol. The van der Waals surface area contributed by atoms with Crippen LogP contribution in [0.4, 0.5) is 0 Å². The average molecular weight is 1050 g/mol. The second-order valence-corrected chi connectivity index (χ2v) is 21.8. The third-order valence-electron chi connectivity index (χ3n) is 17.6. The lowest BCUT2D eigenvalue weighted by Crippen LogP contribution is -2.68. The highest BCUT2D eigenvalue weighted by Gasteiger charge is 2.70. The van der Waals surface area contributed by atoms with Crippen molar-refractivity contribution in [2.75, 3.05) is 26.4 Å². The molecule has 10 unspecified atom stereocenters. The van der Waals surface area contributed by atoms with Crippen LogP contribution in [-0.4, -0.2) is 244 Å². The van der Waals surface area contributed by atoms with Crippen molar-refractivity contribution < 1.29 is 129 Å². The van der Waals surface area contributed by atoms with E-state index in [1.54, 1.807) is 6.92 Å². The Morgan fingerprint density at radius 3 is 1.64 bits per heavy atom. The third-order valence-corrected chi connectivity index (χ3v) is 17.6. The van der Waals surface area contributed by atoms with Crippen molar-refractivity contribution >= 4 is 17.9 Å². The molecule has 14 N–H and O–H groups in total. The molecular weight excluding hydrogens is 980 g/mol. The number of hydrogen-bond acceptors (Lipinski definition) is 25. The van der Waals surface area contributed by atoms with Gasteiger partial charge in [-0.3, -0.25) is 14.4 Å². The first kappa shape index (κ1) is 56.6. The van der Waals surface area contributed by atoms with Crippen LogP contribution >= 0.6 is 0 Å². The summed E-state index contributed by atoms with van der Waals surface area (Å²) in [4.78, 5) is 38.3. The van der Waals surface area contributed by atoms with E-state index in [0.29, 0.717) is 63.4 Å². The molecule has 2 bridgehead atoms. The normalized spacial score (nSPS) is 50.9. The molecule has 0 aromatic heterocycles. The fraction of sp³-hybridized carbons (Fsp3) is 0.894. The molecule has 0 amide bonds. The summed E-state index contributed by atoms with van der Waals surface area (Å²) < 4.78 is 53.7. The molecule has 4 saturated heterocycles. The fourth-order valence-electron chi connectivity index (χ4n) is 13.9. The predicted octanol–water partition coefficient (Wildman–Crippen LogP) is -5.09. The number of aliphatic carboxylic acids is 1. The highest BCUT2D eigenvalue weighted by atomic mass is 16.8. The van der Waals surface area contributed by atoms with E-state index in [1.807, 2.05) is 0 Å². The van der Waals surface area contributed by atoms with E-state index in [2.05, 4.69) is 13.5 Å². The van der Waals surface area contributed by atoms with Gasteiger partial charge in [-0.1, -0.05) is 19.9 Å². The molecule has 26 nitrogen and oxygen atoms in total. The van der Waals surface area contributed by atoms with Crippen LogP contribution in [0.15, 0.2) is 12.2 Å². The molecule has 8 rings (SSSR count). The monoisotopic (exact) mass is 1050 g/mol. The maximum Gasteiger partial charge on any atom is 0.317 e. The highest BCUT2D eigenvalue weighted by molar-refractivity contribution is 5.90. The lowest BCUT2D eigenvalue weighted by molar-refractivity contribution is -0.400. The Kier molecular flexibility index (Phi) is 16.8. The van der Waals surface area contributed by atoms with Gasteiger partial charge in [0.1, 0.15) is 98.0 Å². The van der Waals surface area contributed by atoms with Gasteiger partial charge >= 0.3 is 17.9 Å².